The number of hydroxylamine groups is 1. The second kappa shape index (κ2) is 19.7. The van der Waals surface area contributed by atoms with Crippen molar-refractivity contribution in [2.75, 3.05) is 19.6 Å². The molecule has 0 spiro atoms. The number of benzene rings is 1. The highest BCUT2D eigenvalue weighted by Crippen LogP contribution is 2.22. The highest BCUT2D eigenvalue weighted by atomic mass is 19.1. The minimum atomic E-state index is -0.878. The molecule has 1 rings (SSSR count). The normalized spacial score (nSPS) is 12.5. The van der Waals surface area contributed by atoms with E-state index in [1.165, 1.54) is 24.5 Å². The Bertz CT molecular complexity index is 788. The fourth-order valence-corrected chi connectivity index (χ4v) is 2.92. The van der Waals surface area contributed by atoms with Gasteiger partial charge >= 0.3 is 5.69 Å². The van der Waals surface area contributed by atoms with E-state index < -0.39 is 16.4 Å². The van der Waals surface area contributed by atoms with E-state index in [0.29, 0.717) is 12.5 Å². The monoisotopic (exact) mass is 459 g/mol. The first-order chi connectivity index (χ1) is 16.0. The number of unbranched alkanes of at least 4 members (excludes halogenated alkanes) is 1. The van der Waals surface area contributed by atoms with Crippen LogP contribution in [0.1, 0.15) is 52.9 Å². The number of nitro groups is 1. The van der Waals surface area contributed by atoms with Crippen molar-refractivity contribution in [1.29, 1.82) is 0 Å². The van der Waals surface area contributed by atoms with Gasteiger partial charge in [0.15, 0.2) is 5.75 Å². The van der Waals surface area contributed by atoms with Crippen LogP contribution >= 0.6 is 0 Å². The molecule has 2 N–H and O–H groups in total. The summed E-state index contributed by atoms with van der Waals surface area (Å²) < 4.78 is 13.3. The lowest BCUT2D eigenvalue weighted by atomic mass is 10.1. The van der Waals surface area contributed by atoms with Crippen molar-refractivity contribution in [3.8, 4) is 18.6 Å². The molecule has 0 aliphatic carbocycles. The molecule has 6 nitrogen and oxygen atoms in total. The Labute approximate surface area is 198 Å². The molecule has 0 heterocycles. The van der Waals surface area contributed by atoms with E-state index in [4.69, 9.17) is 4.84 Å². The molecule has 182 valence electrons. The van der Waals surface area contributed by atoms with E-state index in [1.54, 1.807) is 0 Å². The Morgan fingerprint density at radius 2 is 2.06 bits per heavy atom. The summed E-state index contributed by atoms with van der Waals surface area (Å²) in [6.45, 7) is 8.86. The van der Waals surface area contributed by atoms with Gasteiger partial charge in [-0.05, 0) is 43.7 Å². The Hall–Kier alpha value is -2.95. The minimum absolute atomic E-state index is 0.213. The van der Waals surface area contributed by atoms with Gasteiger partial charge in [0.2, 0.25) is 5.82 Å². The highest BCUT2D eigenvalue weighted by Gasteiger charge is 2.14. The molecular formula is C26H38FN3O3. The zero-order chi connectivity index (χ0) is 24.9. The van der Waals surface area contributed by atoms with Crippen LogP contribution < -0.4 is 15.6 Å². The van der Waals surface area contributed by atoms with Gasteiger partial charge in [0, 0.05) is 19.6 Å². The van der Waals surface area contributed by atoms with Crippen molar-refractivity contribution in [3.63, 3.8) is 0 Å². The van der Waals surface area contributed by atoms with Crippen molar-refractivity contribution in [2.45, 2.75) is 52.9 Å². The van der Waals surface area contributed by atoms with Crippen molar-refractivity contribution >= 4 is 5.69 Å². The Balaban J connectivity index is 0.00000497. The molecule has 0 aromatic heterocycles. The first kappa shape index (κ1) is 30.0. The van der Waals surface area contributed by atoms with Crippen LogP contribution in [-0.4, -0.2) is 24.6 Å². The molecule has 1 aromatic rings. The third kappa shape index (κ3) is 14.7. The van der Waals surface area contributed by atoms with Crippen molar-refractivity contribution in [3.05, 3.63) is 70.1 Å². The standard InChI is InChI=1S/C24H36FN3O3.C2H2/c1-4-11-20(3)12-7-6-9-16-26-19-21(5-2)13-8-10-17-27-31-22-14-15-23(25)24(18-22)28(29)30;1-2/h6-7,9,12-15,18,20,26-27H,4-5,8,10-11,16-17,19H2,1-3H3;1-2H/b9-6-,12-7-,21-13-;. The van der Waals surface area contributed by atoms with E-state index in [0.717, 1.165) is 44.5 Å². The van der Waals surface area contributed by atoms with Gasteiger partial charge in [0.1, 0.15) is 0 Å². The van der Waals surface area contributed by atoms with Crippen LogP contribution in [0.4, 0.5) is 10.1 Å². The van der Waals surface area contributed by atoms with Crippen LogP contribution in [0.5, 0.6) is 5.75 Å². The lowest BCUT2D eigenvalue weighted by Crippen LogP contribution is -2.20. The summed E-state index contributed by atoms with van der Waals surface area (Å²) in [5.74, 6) is -0.0344. The summed E-state index contributed by atoms with van der Waals surface area (Å²) in [5, 5.41) is 14.2. The lowest BCUT2D eigenvalue weighted by molar-refractivity contribution is -0.387. The molecule has 0 amide bonds. The first-order valence-electron chi connectivity index (χ1n) is 11.4. The smallest absolute Gasteiger partial charge is 0.308 e. The molecule has 0 radical (unpaired) electrons. The molecule has 1 unspecified atom stereocenters. The number of rotatable bonds is 16. The van der Waals surface area contributed by atoms with Gasteiger partial charge in [-0.2, -0.15) is 9.87 Å². The molecule has 0 saturated heterocycles. The summed E-state index contributed by atoms with van der Waals surface area (Å²) >= 11 is 0. The SMILES string of the molecule is C#C.CCCC(C)/C=C\C=C/CNC/C(=C\CCCNOc1ccc(F)c([N+](=O)[O-])c1)CC. The Kier molecular flexibility index (Phi) is 18.0. The number of hydrogen-bond donors (Lipinski definition) is 2. The molecule has 0 aliphatic heterocycles. The van der Waals surface area contributed by atoms with Gasteiger partial charge in [-0.1, -0.05) is 63.1 Å². The summed E-state index contributed by atoms with van der Waals surface area (Å²) in [4.78, 5) is 15.2. The fraction of sp³-hybridized carbons (Fsp3) is 0.462. The van der Waals surface area contributed by atoms with E-state index in [2.05, 4.69) is 74.8 Å². The molecule has 0 saturated carbocycles. The maximum atomic E-state index is 13.3. The second-order valence-electron chi connectivity index (χ2n) is 7.43. The maximum Gasteiger partial charge on any atom is 0.308 e. The van der Waals surface area contributed by atoms with Crippen LogP contribution in [0.2, 0.25) is 0 Å². The van der Waals surface area contributed by atoms with Crippen molar-refractivity contribution in [2.24, 2.45) is 5.92 Å². The zero-order valence-corrected chi connectivity index (χ0v) is 20.1. The number of nitrogens with zero attached hydrogens (tertiary/aromatic N) is 1. The van der Waals surface area contributed by atoms with Gasteiger partial charge in [0.05, 0.1) is 11.0 Å². The van der Waals surface area contributed by atoms with Gasteiger partial charge < -0.3 is 10.2 Å². The molecule has 33 heavy (non-hydrogen) atoms. The number of nitrogens with one attached hydrogen (secondary N) is 2. The predicted octanol–water partition coefficient (Wildman–Crippen LogP) is 6.12. The third-order valence-corrected chi connectivity index (χ3v) is 4.72. The summed E-state index contributed by atoms with van der Waals surface area (Å²) in [7, 11) is 0. The second-order valence-corrected chi connectivity index (χ2v) is 7.43. The van der Waals surface area contributed by atoms with E-state index in [9.17, 15) is 14.5 Å². The third-order valence-electron chi connectivity index (χ3n) is 4.72. The molecule has 1 atom stereocenters. The van der Waals surface area contributed by atoms with Crippen LogP contribution in [0.15, 0.2) is 54.2 Å². The average molecular weight is 460 g/mol. The van der Waals surface area contributed by atoms with Crippen molar-refractivity contribution < 1.29 is 14.2 Å². The lowest BCUT2D eigenvalue weighted by Gasteiger charge is -2.08. The molecule has 7 heteroatoms. The minimum Gasteiger partial charge on any atom is -0.408 e. The van der Waals surface area contributed by atoms with E-state index in [-0.39, 0.29) is 5.75 Å². The van der Waals surface area contributed by atoms with Crippen molar-refractivity contribution in [1.82, 2.24) is 10.8 Å². The number of nitro benzene ring substituents is 1. The number of terminal acetylenes is 1. The molecule has 1 aromatic carbocycles. The van der Waals surface area contributed by atoms with Crippen LogP contribution in [0, 0.1) is 34.7 Å². The molecule has 0 bridgehead atoms. The first-order valence-corrected chi connectivity index (χ1v) is 11.4. The largest absolute Gasteiger partial charge is 0.408 e. The van der Waals surface area contributed by atoms with E-state index >= 15 is 0 Å². The topological polar surface area (TPSA) is 76.4 Å². The van der Waals surface area contributed by atoms with Crippen LogP contribution in [0.25, 0.3) is 0 Å². The number of hydrogen-bond acceptors (Lipinski definition) is 5. The zero-order valence-electron chi connectivity index (χ0n) is 20.1. The summed E-state index contributed by atoms with van der Waals surface area (Å²) in [6.07, 6.45) is 24.0. The van der Waals surface area contributed by atoms with Crippen LogP contribution in [0.3, 0.4) is 0 Å². The quantitative estimate of drug-likeness (QED) is 0.0777. The molecular weight excluding hydrogens is 421 g/mol. The maximum absolute atomic E-state index is 13.3. The number of halogens is 1. The molecule has 0 fully saturated rings. The Morgan fingerprint density at radius 1 is 1.30 bits per heavy atom. The van der Waals surface area contributed by atoms with Gasteiger partial charge in [-0.3, -0.25) is 10.1 Å². The summed E-state index contributed by atoms with van der Waals surface area (Å²) in [6, 6.07) is 3.45. The van der Waals surface area contributed by atoms with Gasteiger partial charge in [-0.15, -0.1) is 12.8 Å². The van der Waals surface area contributed by atoms with Gasteiger partial charge in [-0.25, -0.2) is 0 Å². The van der Waals surface area contributed by atoms with E-state index in [1.807, 2.05) is 0 Å². The average Bonchev–Trinajstić information content (AvgIpc) is 2.81. The fourth-order valence-electron chi connectivity index (χ4n) is 2.92. The summed E-state index contributed by atoms with van der Waals surface area (Å²) in [5.41, 5.74) is 3.52. The number of allylic oxidation sites excluding steroid dienone is 4. The highest BCUT2D eigenvalue weighted by molar-refractivity contribution is 5.39. The van der Waals surface area contributed by atoms with Gasteiger partial charge in [0.25, 0.3) is 0 Å². The predicted molar refractivity (Wildman–Crippen MR) is 134 cm³/mol. The van der Waals surface area contributed by atoms with Crippen LogP contribution in [-0.2, 0) is 0 Å². The Morgan fingerprint density at radius 3 is 2.73 bits per heavy atom. The molecule has 0 aliphatic rings.